The zero-order valence-electron chi connectivity index (χ0n) is 9.40. The van der Waals surface area contributed by atoms with Crippen molar-refractivity contribution in [2.75, 3.05) is 5.32 Å². The fourth-order valence-corrected chi connectivity index (χ4v) is 1.07. The van der Waals surface area contributed by atoms with E-state index < -0.39 is 0 Å². The SMILES string of the molecule is CC(C)/C=C/NC(=O)Nc1cccc(O)c1. The highest BCUT2D eigenvalue weighted by Gasteiger charge is 1.99. The standard InChI is InChI=1S/C12H16N2O2/c1-9(2)6-7-13-12(16)14-10-4-3-5-11(15)8-10/h3-9,15H,1-2H3,(H2,13,14,16)/b7-6+. The van der Waals surface area contributed by atoms with Gasteiger partial charge in [-0.25, -0.2) is 4.79 Å². The monoisotopic (exact) mass is 220 g/mol. The van der Waals surface area contributed by atoms with Gasteiger partial charge in [0.05, 0.1) is 0 Å². The minimum absolute atomic E-state index is 0.121. The van der Waals surface area contributed by atoms with Crippen LogP contribution in [0, 0.1) is 5.92 Å². The summed E-state index contributed by atoms with van der Waals surface area (Å²) in [5, 5.41) is 14.4. The fraction of sp³-hybridized carbons (Fsp3) is 0.250. The number of amides is 2. The van der Waals surface area contributed by atoms with E-state index in [2.05, 4.69) is 10.6 Å². The van der Waals surface area contributed by atoms with E-state index in [9.17, 15) is 9.90 Å². The number of urea groups is 1. The molecule has 0 unspecified atom stereocenters. The van der Waals surface area contributed by atoms with Gasteiger partial charge >= 0.3 is 6.03 Å². The Morgan fingerprint density at radius 1 is 1.44 bits per heavy atom. The molecule has 0 saturated heterocycles. The fourth-order valence-electron chi connectivity index (χ4n) is 1.07. The molecule has 0 atom stereocenters. The number of hydrogen-bond acceptors (Lipinski definition) is 2. The van der Waals surface area contributed by atoms with Gasteiger partial charge in [0, 0.05) is 18.0 Å². The number of nitrogens with one attached hydrogen (secondary N) is 2. The highest BCUT2D eigenvalue weighted by Crippen LogP contribution is 2.14. The number of rotatable bonds is 3. The third kappa shape index (κ3) is 4.50. The number of carbonyl (C=O) groups excluding carboxylic acids is 1. The minimum atomic E-state index is -0.331. The molecule has 0 aliphatic carbocycles. The lowest BCUT2D eigenvalue weighted by Crippen LogP contribution is -2.23. The maximum Gasteiger partial charge on any atom is 0.323 e. The topological polar surface area (TPSA) is 61.4 Å². The number of phenols is 1. The largest absolute Gasteiger partial charge is 0.508 e. The Bertz CT molecular complexity index is 386. The number of phenolic OH excluding ortho intramolecular Hbond substituents is 1. The molecule has 86 valence electrons. The van der Waals surface area contributed by atoms with Crippen LogP contribution < -0.4 is 10.6 Å². The van der Waals surface area contributed by atoms with Gasteiger partial charge in [-0.05, 0) is 18.1 Å². The van der Waals surface area contributed by atoms with Gasteiger partial charge in [0.1, 0.15) is 5.75 Å². The maximum absolute atomic E-state index is 11.4. The van der Waals surface area contributed by atoms with Crippen LogP contribution in [0.2, 0.25) is 0 Å². The summed E-state index contributed by atoms with van der Waals surface area (Å²) in [4.78, 5) is 11.4. The first-order chi connectivity index (χ1) is 7.58. The molecule has 0 heterocycles. The summed E-state index contributed by atoms with van der Waals surface area (Å²) in [6, 6.07) is 6.05. The molecule has 1 rings (SSSR count). The van der Waals surface area contributed by atoms with Crippen LogP contribution in [-0.2, 0) is 0 Å². The van der Waals surface area contributed by atoms with Crippen molar-refractivity contribution in [1.29, 1.82) is 0 Å². The molecule has 0 aliphatic heterocycles. The van der Waals surface area contributed by atoms with Gasteiger partial charge in [0.2, 0.25) is 0 Å². The lowest BCUT2D eigenvalue weighted by atomic mass is 10.2. The number of aromatic hydroxyl groups is 1. The van der Waals surface area contributed by atoms with Gasteiger partial charge in [-0.15, -0.1) is 0 Å². The average Bonchev–Trinajstić information content (AvgIpc) is 2.16. The molecule has 0 saturated carbocycles. The van der Waals surface area contributed by atoms with Crippen LogP contribution in [0.3, 0.4) is 0 Å². The second kappa shape index (κ2) is 5.80. The Morgan fingerprint density at radius 3 is 2.81 bits per heavy atom. The summed E-state index contributed by atoms with van der Waals surface area (Å²) in [6.07, 6.45) is 3.48. The molecule has 1 aromatic carbocycles. The molecule has 1 aromatic rings. The van der Waals surface area contributed by atoms with E-state index in [0.29, 0.717) is 11.6 Å². The predicted molar refractivity (Wildman–Crippen MR) is 64.2 cm³/mol. The second-order valence-electron chi connectivity index (χ2n) is 3.75. The van der Waals surface area contributed by atoms with Crippen LogP contribution in [0.1, 0.15) is 13.8 Å². The molecule has 0 fully saturated rings. The lowest BCUT2D eigenvalue weighted by molar-refractivity contribution is 0.255. The van der Waals surface area contributed by atoms with Gasteiger partial charge < -0.3 is 15.7 Å². The molecule has 0 aromatic heterocycles. The van der Waals surface area contributed by atoms with Crippen LogP contribution in [0.15, 0.2) is 36.5 Å². The number of allylic oxidation sites excluding steroid dienone is 1. The van der Waals surface area contributed by atoms with Crippen molar-refractivity contribution in [3.63, 3.8) is 0 Å². The van der Waals surface area contributed by atoms with Crippen LogP contribution in [0.25, 0.3) is 0 Å². The molecule has 0 spiro atoms. The van der Waals surface area contributed by atoms with E-state index in [0.717, 1.165) is 0 Å². The van der Waals surface area contributed by atoms with E-state index >= 15 is 0 Å². The molecular formula is C12H16N2O2. The smallest absolute Gasteiger partial charge is 0.323 e. The minimum Gasteiger partial charge on any atom is -0.508 e. The summed E-state index contributed by atoms with van der Waals surface area (Å²) in [7, 11) is 0. The summed E-state index contributed by atoms with van der Waals surface area (Å²) >= 11 is 0. The molecule has 4 nitrogen and oxygen atoms in total. The molecular weight excluding hydrogens is 204 g/mol. The zero-order chi connectivity index (χ0) is 12.0. The predicted octanol–water partition coefficient (Wildman–Crippen LogP) is 2.68. The Labute approximate surface area is 95.0 Å². The van der Waals surface area contributed by atoms with E-state index in [1.165, 1.54) is 6.07 Å². The van der Waals surface area contributed by atoms with E-state index in [-0.39, 0.29) is 11.8 Å². The number of anilines is 1. The molecule has 0 radical (unpaired) electrons. The van der Waals surface area contributed by atoms with Gasteiger partial charge in [-0.1, -0.05) is 26.0 Å². The van der Waals surface area contributed by atoms with Crippen molar-refractivity contribution < 1.29 is 9.90 Å². The van der Waals surface area contributed by atoms with Crippen molar-refractivity contribution in [2.24, 2.45) is 5.92 Å². The second-order valence-corrected chi connectivity index (χ2v) is 3.75. The number of hydrogen-bond donors (Lipinski definition) is 3. The normalized spacial score (nSPS) is 10.7. The third-order valence-electron chi connectivity index (χ3n) is 1.80. The van der Waals surface area contributed by atoms with Crippen molar-refractivity contribution in [3.05, 3.63) is 36.5 Å². The zero-order valence-corrected chi connectivity index (χ0v) is 9.40. The highest BCUT2D eigenvalue weighted by atomic mass is 16.3. The van der Waals surface area contributed by atoms with Crippen molar-refractivity contribution in [3.8, 4) is 5.75 Å². The summed E-state index contributed by atoms with van der Waals surface area (Å²) in [5.41, 5.74) is 0.551. The third-order valence-corrected chi connectivity index (χ3v) is 1.80. The molecule has 2 amide bonds. The van der Waals surface area contributed by atoms with Crippen molar-refractivity contribution >= 4 is 11.7 Å². The van der Waals surface area contributed by atoms with Crippen LogP contribution in [0.5, 0.6) is 5.75 Å². The van der Waals surface area contributed by atoms with Crippen molar-refractivity contribution in [1.82, 2.24) is 5.32 Å². The Hall–Kier alpha value is -1.97. The van der Waals surface area contributed by atoms with E-state index in [1.807, 2.05) is 19.9 Å². The molecule has 16 heavy (non-hydrogen) atoms. The van der Waals surface area contributed by atoms with Crippen LogP contribution in [0.4, 0.5) is 10.5 Å². The molecule has 3 N–H and O–H groups in total. The first kappa shape index (κ1) is 12.1. The summed E-state index contributed by atoms with van der Waals surface area (Å²) < 4.78 is 0. The van der Waals surface area contributed by atoms with E-state index in [1.54, 1.807) is 24.4 Å². The first-order valence-electron chi connectivity index (χ1n) is 5.11. The molecule has 0 bridgehead atoms. The molecule has 4 heteroatoms. The van der Waals surface area contributed by atoms with Crippen LogP contribution >= 0.6 is 0 Å². The Kier molecular flexibility index (Phi) is 4.39. The number of benzene rings is 1. The Balaban J connectivity index is 2.46. The van der Waals surface area contributed by atoms with Crippen LogP contribution in [-0.4, -0.2) is 11.1 Å². The van der Waals surface area contributed by atoms with Gasteiger partial charge in [0.15, 0.2) is 0 Å². The average molecular weight is 220 g/mol. The van der Waals surface area contributed by atoms with E-state index in [4.69, 9.17) is 0 Å². The number of carbonyl (C=O) groups is 1. The van der Waals surface area contributed by atoms with Gasteiger partial charge in [0.25, 0.3) is 0 Å². The summed E-state index contributed by atoms with van der Waals surface area (Å²) in [5.74, 6) is 0.511. The van der Waals surface area contributed by atoms with Crippen molar-refractivity contribution in [2.45, 2.75) is 13.8 Å². The van der Waals surface area contributed by atoms with Gasteiger partial charge in [-0.3, -0.25) is 0 Å². The quantitative estimate of drug-likeness (QED) is 0.733. The first-order valence-corrected chi connectivity index (χ1v) is 5.11. The summed E-state index contributed by atoms with van der Waals surface area (Å²) in [6.45, 7) is 4.04. The Morgan fingerprint density at radius 2 is 2.19 bits per heavy atom. The molecule has 0 aliphatic rings. The van der Waals surface area contributed by atoms with Gasteiger partial charge in [-0.2, -0.15) is 0 Å². The highest BCUT2D eigenvalue weighted by molar-refractivity contribution is 5.90. The maximum atomic E-state index is 11.4. The lowest BCUT2D eigenvalue weighted by Gasteiger charge is -2.04.